The van der Waals surface area contributed by atoms with E-state index in [2.05, 4.69) is 238 Å². The Labute approximate surface area is 419 Å². The highest BCUT2D eigenvalue weighted by Crippen LogP contribution is 2.49. The molecular formula is C69H49BN2. The van der Waals surface area contributed by atoms with Crippen LogP contribution in [0.5, 0.6) is 0 Å². The van der Waals surface area contributed by atoms with Crippen LogP contribution in [0.1, 0.15) is 73.3 Å². The van der Waals surface area contributed by atoms with Crippen LogP contribution in [0, 0.1) is 37.3 Å². The second kappa shape index (κ2) is 14.7. The third kappa shape index (κ3) is 5.25. The van der Waals surface area contributed by atoms with Crippen LogP contribution < -0.4 is 0 Å². The molecule has 0 unspecified atom stereocenters. The molecule has 0 spiro atoms. The van der Waals surface area contributed by atoms with Crippen LogP contribution in [0.25, 0.3) is 103 Å². The fourth-order valence-electron chi connectivity index (χ4n) is 14.2. The lowest BCUT2D eigenvalue weighted by Gasteiger charge is -2.39. The van der Waals surface area contributed by atoms with Gasteiger partial charge in [-0.3, -0.25) is 0 Å². The SMILES string of the molecule is CCC1=C(C)C2=C(c3ccc4ccc5cccc6ccc3c4c56)c3c(C)c(CC)c(C)n3[B-](C#Cc3ccc4ccc5cccc6ccc3c4c56)(C#Cc3ccc4ccc5cccc6ccc3c4c56)[N+]2=C1C. The molecule has 0 amide bonds. The first-order chi connectivity index (χ1) is 35.3. The van der Waals surface area contributed by atoms with Gasteiger partial charge in [0, 0.05) is 34.9 Å². The predicted molar refractivity (Wildman–Crippen MR) is 309 cm³/mol. The number of benzene rings is 12. The molecule has 0 radical (unpaired) electrons. The van der Waals surface area contributed by atoms with Crippen LogP contribution in [-0.2, 0) is 6.42 Å². The Kier molecular flexibility index (Phi) is 8.42. The number of hydrogen-bond donors (Lipinski definition) is 0. The summed E-state index contributed by atoms with van der Waals surface area (Å²) < 4.78 is 5.26. The van der Waals surface area contributed by atoms with Gasteiger partial charge >= 0.3 is 6.42 Å². The van der Waals surface area contributed by atoms with Crippen LogP contribution in [0.3, 0.4) is 0 Å². The van der Waals surface area contributed by atoms with E-state index in [-0.39, 0.29) is 0 Å². The van der Waals surface area contributed by atoms with Crippen molar-refractivity contribution in [3.05, 3.63) is 220 Å². The minimum atomic E-state index is -2.25. The summed E-state index contributed by atoms with van der Waals surface area (Å²) >= 11 is 0. The van der Waals surface area contributed by atoms with Gasteiger partial charge < -0.3 is 8.96 Å². The maximum atomic E-state index is 4.22. The largest absolute Gasteiger partial charge is 0.520 e. The van der Waals surface area contributed by atoms with Gasteiger partial charge in [-0.1, -0.05) is 166 Å². The molecule has 0 saturated heterocycles. The van der Waals surface area contributed by atoms with Gasteiger partial charge in [-0.25, -0.2) is 0 Å². The molecule has 0 N–H and O–H groups in total. The molecule has 0 bridgehead atoms. The fourth-order valence-corrected chi connectivity index (χ4v) is 14.2. The maximum Gasteiger partial charge on any atom is 0.520 e. The van der Waals surface area contributed by atoms with Crippen LogP contribution in [-0.4, -0.2) is 21.1 Å². The van der Waals surface area contributed by atoms with Crippen molar-refractivity contribution < 1.29 is 4.49 Å². The van der Waals surface area contributed by atoms with E-state index in [4.69, 9.17) is 0 Å². The zero-order valence-corrected chi connectivity index (χ0v) is 41.5. The minimum Gasteiger partial charge on any atom is -0.435 e. The Hall–Kier alpha value is -8.63. The van der Waals surface area contributed by atoms with E-state index < -0.39 is 6.42 Å². The summed E-state index contributed by atoms with van der Waals surface area (Å²) in [4.78, 5) is 0. The summed E-state index contributed by atoms with van der Waals surface area (Å²) in [6, 6.07) is 61.2. The standard InChI is InChI=1S/C69H49BN2/c1-7-55-40(3)68-67(60-35-31-54-27-24-48-14-11-17-51-30-34-59(60)66(54)63(48)51)69-41(4)56(8-2)43(6)72(69)70(71(68)42(55)5,38-36-44-18-20-52-25-22-46-12-9-15-49-28-32-57(44)64(52)61(46)49)39-37-45-19-21-53-26-23-47-13-10-16-50-29-33-58(45)65(53)62(47)50/h9-35H,7-8H2,1-6H3. The second-order valence-electron chi connectivity index (χ2n) is 20.6. The highest BCUT2D eigenvalue weighted by atomic mass is 15.2. The average molecular weight is 917 g/mol. The van der Waals surface area contributed by atoms with Gasteiger partial charge in [0.2, 0.25) is 0 Å². The third-order valence-electron chi connectivity index (χ3n) is 17.3. The highest BCUT2D eigenvalue weighted by Gasteiger charge is 2.52. The van der Waals surface area contributed by atoms with Gasteiger partial charge in [0.25, 0.3) is 0 Å². The first kappa shape index (κ1) is 41.2. The van der Waals surface area contributed by atoms with Gasteiger partial charge in [-0.2, -0.15) is 11.6 Å². The monoisotopic (exact) mass is 916 g/mol. The Morgan fingerprint density at radius 2 is 0.847 bits per heavy atom. The van der Waals surface area contributed by atoms with E-state index in [1.165, 1.54) is 153 Å². The van der Waals surface area contributed by atoms with Gasteiger partial charge in [-0.15, -0.1) is 11.8 Å². The average Bonchev–Trinajstić information content (AvgIpc) is 3.83. The Bertz CT molecular complexity index is 4600. The number of nitrogens with zero attached hydrogens (tertiary/aromatic N) is 2. The van der Waals surface area contributed by atoms with Crippen molar-refractivity contribution in [2.24, 2.45) is 0 Å². The number of aromatic nitrogens is 1. The molecule has 12 aromatic carbocycles. The van der Waals surface area contributed by atoms with E-state index in [1.807, 2.05) is 0 Å². The number of rotatable bonds is 3. The lowest BCUT2D eigenvalue weighted by Crippen LogP contribution is -2.57. The summed E-state index contributed by atoms with van der Waals surface area (Å²) in [5, 5.41) is 22.7. The quantitative estimate of drug-likeness (QED) is 0.0948. The Morgan fingerprint density at radius 1 is 0.444 bits per heavy atom. The van der Waals surface area contributed by atoms with Gasteiger partial charge in [0.15, 0.2) is 5.70 Å². The normalized spacial score (nSPS) is 14.6. The third-order valence-corrected chi connectivity index (χ3v) is 17.3. The molecule has 0 saturated carbocycles. The molecule has 15 rings (SSSR count). The lowest BCUT2D eigenvalue weighted by atomic mass is 9.44. The van der Waals surface area contributed by atoms with Crippen LogP contribution in [0.4, 0.5) is 0 Å². The summed E-state index contributed by atoms with van der Waals surface area (Å²) in [5.41, 5.74) is 14.8. The number of fused-ring (bicyclic) bond motifs is 2. The molecule has 2 aliphatic rings. The molecule has 1 aromatic heterocycles. The second-order valence-corrected chi connectivity index (χ2v) is 20.6. The molecular weight excluding hydrogens is 868 g/mol. The van der Waals surface area contributed by atoms with Gasteiger partial charge in [-0.05, 0) is 165 Å². The lowest BCUT2D eigenvalue weighted by molar-refractivity contribution is -0.330. The van der Waals surface area contributed by atoms with Crippen LogP contribution >= 0.6 is 0 Å². The first-order valence-electron chi connectivity index (χ1n) is 25.8. The summed E-state index contributed by atoms with van der Waals surface area (Å²) in [5.74, 6) is 16.4. The summed E-state index contributed by atoms with van der Waals surface area (Å²) in [6.07, 6.45) is -0.454. The minimum absolute atomic E-state index is 0.896. The zero-order chi connectivity index (χ0) is 48.3. The molecule has 3 heterocycles. The van der Waals surface area contributed by atoms with E-state index in [0.29, 0.717) is 0 Å². The van der Waals surface area contributed by atoms with Crippen LogP contribution in [0.15, 0.2) is 181 Å². The van der Waals surface area contributed by atoms with Gasteiger partial charge in [0.05, 0.1) is 5.57 Å². The van der Waals surface area contributed by atoms with E-state index in [1.54, 1.807) is 0 Å². The molecule has 72 heavy (non-hydrogen) atoms. The van der Waals surface area contributed by atoms with Crippen molar-refractivity contribution in [1.29, 1.82) is 0 Å². The van der Waals surface area contributed by atoms with Crippen molar-refractivity contribution in [1.82, 2.24) is 4.48 Å². The van der Waals surface area contributed by atoms with Crippen molar-refractivity contribution in [3.8, 4) is 23.5 Å². The van der Waals surface area contributed by atoms with E-state index in [0.717, 1.165) is 24.0 Å². The molecule has 338 valence electrons. The van der Waals surface area contributed by atoms with E-state index in [9.17, 15) is 0 Å². The molecule has 13 aromatic rings. The first-order valence-corrected chi connectivity index (χ1v) is 25.8. The summed E-state index contributed by atoms with van der Waals surface area (Å²) in [6.45, 7) is 14.0. The number of allylic oxidation sites excluding steroid dienone is 2. The summed E-state index contributed by atoms with van der Waals surface area (Å²) in [7, 11) is 0. The molecule has 3 heteroatoms. The van der Waals surface area contributed by atoms with Crippen molar-refractivity contribution in [3.63, 3.8) is 0 Å². The Morgan fingerprint density at radius 3 is 1.31 bits per heavy atom. The Balaban J connectivity index is 1.09. The molecule has 0 atom stereocenters. The smallest absolute Gasteiger partial charge is 0.435 e. The molecule has 0 aliphatic carbocycles. The molecule has 2 aliphatic heterocycles. The van der Waals surface area contributed by atoms with Gasteiger partial charge in [0.1, 0.15) is 5.71 Å². The van der Waals surface area contributed by atoms with Crippen molar-refractivity contribution in [2.45, 2.75) is 54.4 Å². The molecule has 0 fully saturated rings. The highest BCUT2D eigenvalue weighted by molar-refractivity contribution is 6.87. The predicted octanol–water partition coefficient (Wildman–Crippen LogP) is 16.8. The van der Waals surface area contributed by atoms with Crippen molar-refractivity contribution >= 4 is 115 Å². The van der Waals surface area contributed by atoms with Crippen molar-refractivity contribution in [2.75, 3.05) is 0 Å². The van der Waals surface area contributed by atoms with E-state index >= 15 is 0 Å². The van der Waals surface area contributed by atoms with Crippen LogP contribution in [0.2, 0.25) is 0 Å². The number of hydrogen-bond acceptors (Lipinski definition) is 0. The fraction of sp³-hybridized carbons (Fsp3) is 0.116. The maximum absolute atomic E-state index is 4.22. The molecule has 2 nitrogen and oxygen atoms in total. The topological polar surface area (TPSA) is 7.94 Å². The zero-order valence-electron chi connectivity index (χ0n) is 41.5.